The molecule has 8 nitrogen and oxygen atoms in total. The highest BCUT2D eigenvalue weighted by Gasteiger charge is 2.53. The van der Waals surface area contributed by atoms with Gasteiger partial charge in [0.05, 0.1) is 4.87 Å². The summed E-state index contributed by atoms with van der Waals surface area (Å²) in [5, 5.41) is 0. The van der Waals surface area contributed by atoms with Crippen molar-refractivity contribution in [2.75, 3.05) is 12.4 Å². The standard InChI is InChI=1S/C12H17N3O5S/c1-7(16)13-14-9(17)5-20-11(19)8-6-21-12(2)4-3-10(18)15(8)12/h8H,3-6H2,1-2H3,(H,13,16)(H,14,17)/t8-,12-/m0/s1. The van der Waals surface area contributed by atoms with E-state index in [0.717, 1.165) is 0 Å². The van der Waals surface area contributed by atoms with Gasteiger partial charge in [0.15, 0.2) is 6.61 Å². The molecule has 2 saturated heterocycles. The zero-order valence-corrected chi connectivity index (χ0v) is 12.6. The minimum atomic E-state index is -0.649. The van der Waals surface area contributed by atoms with E-state index in [-0.39, 0.29) is 10.8 Å². The van der Waals surface area contributed by atoms with Crippen LogP contribution in [-0.4, -0.2) is 51.9 Å². The van der Waals surface area contributed by atoms with Crippen molar-refractivity contribution in [3.05, 3.63) is 0 Å². The third-order valence-corrected chi connectivity index (χ3v) is 4.95. The molecule has 2 fully saturated rings. The Kier molecular flexibility index (Phi) is 4.40. The fourth-order valence-corrected chi connectivity index (χ4v) is 3.84. The van der Waals surface area contributed by atoms with Crippen molar-refractivity contribution in [1.82, 2.24) is 15.8 Å². The Morgan fingerprint density at radius 2 is 2.14 bits per heavy atom. The zero-order chi connectivity index (χ0) is 15.6. The van der Waals surface area contributed by atoms with E-state index in [2.05, 4.69) is 10.9 Å². The molecule has 0 aromatic carbocycles. The lowest BCUT2D eigenvalue weighted by atomic mass is 10.2. The zero-order valence-electron chi connectivity index (χ0n) is 11.8. The van der Waals surface area contributed by atoms with Crippen molar-refractivity contribution >= 4 is 35.5 Å². The molecule has 0 radical (unpaired) electrons. The number of carbonyl (C=O) groups is 4. The summed E-state index contributed by atoms with van der Waals surface area (Å²) in [6.45, 7) is 2.67. The molecule has 2 heterocycles. The highest BCUT2D eigenvalue weighted by Crippen LogP contribution is 2.47. The van der Waals surface area contributed by atoms with Crippen molar-refractivity contribution in [3.63, 3.8) is 0 Å². The van der Waals surface area contributed by atoms with Gasteiger partial charge in [-0.3, -0.25) is 25.2 Å². The van der Waals surface area contributed by atoms with Crippen LogP contribution in [0.15, 0.2) is 0 Å². The normalized spacial score (nSPS) is 27.2. The van der Waals surface area contributed by atoms with Crippen LogP contribution in [0.3, 0.4) is 0 Å². The molecule has 3 amide bonds. The SMILES string of the molecule is CC(=O)NNC(=O)COC(=O)[C@@H]1CS[C@@]2(C)CCC(=O)N12. The average molecular weight is 315 g/mol. The van der Waals surface area contributed by atoms with Crippen LogP contribution in [0.5, 0.6) is 0 Å². The predicted octanol–water partition coefficient (Wildman–Crippen LogP) is -0.849. The van der Waals surface area contributed by atoms with Crippen molar-refractivity contribution < 1.29 is 23.9 Å². The number of thioether (sulfide) groups is 1. The molecule has 9 heteroatoms. The largest absolute Gasteiger partial charge is 0.454 e. The fourth-order valence-electron chi connectivity index (χ4n) is 2.42. The van der Waals surface area contributed by atoms with E-state index < -0.39 is 30.4 Å². The Morgan fingerprint density at radius 3 is 2.81 bits per heavy atom. The highest BCUT2D eigenvalue weighted by molar-refractivity contribution is 8.01. The van der Waals surface area contributed by atoms with Crippen LogP contribution < -0.4 is 10.9 Å². The van der Waals surface area contributed by atoms with Gasteiger partial charge in [-0.25, -0.2) is 4.79 Å². The summed E-state index contributed by atoms with van der Waals surface area (Å²) in [6, 6.07) is -0.649. The van der Waals surface area contributed by atoms with Crippen molar-refractivity contribution in [2.24, 2.45) is 0 Å². The molecule has 2 aliphatic heterocycles. The van der Waals surface area contributed by atoms with E-state index in [1.54, 1.807) is 16.7 Å². The second-order valence-electron chi connectivity index (χ2n) is 5.10. The lowest BCUT2D eigenvalue weighted by molar-refractivity contribution is -0.156. The Morgan fingerprint density at radius 1 is 1.43 bits per heavy atom. The maximum atomic E-state index is 12.0. The molecule has 0 unspecified atom stereocenters. The molecule has 0 saturated carbocycles. The molecular weight excluding hydrogens is 298 g/mol. The first-order valence-electron chi connectivity index (χ1n) is 6.52. The van der Waals surface area contributed by atoms with Crippen molar-refractivity contribution in [2.45, 2.75) is 37.6 Å². The van der Waals surface area contributed by atoms with E-state index in [1.807, 2.05) is 6.92 Å². The number of carbonyl (C=O) groups excluding carboxylic acids is 4. The molecule has 0 aliphatic carbocycles. The molecule has 0 bridgehead atoms. The summed E-state index contributed by atoms with van der Waals surface area (Å²) < 4.78 is 4.91. The van der Waals surface area contributed by atoms with E-state index in [9.17, 15) is 19.2 Å². The topological polar surface area (TPSA) is 105 Å². The van der Waals surface area contributed by atoms with Gasteiger partial charge in [-0.15, -0.1) is 11.8 Å². The van der Waals surface area contributed by atoms with E-state index in [1.165, 1.54) is 6.92 Å². The summed E-state index contributed by atoms with van der Waals surface area (Å²) in [7, 11) is 0. The number of hydrogen-bond donors (Lipinski definition) is 2. The van der Waals surface area contributed by atoms with Gasteiger partial charge in [0.25, 0.3) is 5.91 Å². The lowest BCUT2D eigenvalue weighted by Crippen LogP contribution is -2.48. The molecule has 0 aromatic rings. The Balaban J connectivity index is 1.85. The number of hydrogen-bond acceptors (Lipinski definition) is 6. The second kappa shape index (κ2) is 5.92. The van der Waals surface area contributed by atoms with Crippen molar-refractivity contribution in [3.8, 4) is 0 Å². The Hall–Kier alpha value is -1.77. The van der Waals surface area contributed by atoms with Gasteiger partial charge in [0.2, 0.25) is 11.8 Å². The number of rotatable bonds is 3. The number of esters is 1. The van der Waals surface area contributed by atoms with Gasteiger partial charge in [-0.2, -0.15) is 0 Å². The van der Waals surface area contributed by atoms with E-state index in [4.69, 9.17) is 4.74 Å². The molecule has 2 rings (SSSR count). The van der Waals surface area contributed by atoms with Gasteiger partial charge in [-0.05, 0) is 13.3 Å². The monoisotopic (exact) mass is 315 g/mol. The average Bonchev–Trinajstić information content (AvgIpc) is 2.91. The fraction of sp³-hybridized carbons (Fsp3) is 0.667. The Labute approximate surface area is 125 Å². The molecule has 2 atom stereocenters. The summed E-state index contributed by atoms with van der Waals surface area (Å²) in [4.78, 5) is 47.0. The molecule has 116 valence electrons. The van der Waals surface area contributed by atoms with Gasteiger partial charge >= 0.3 is 5.97 Å². The van der Waals surface area contributed by atoms with Crippen LogP contribution in [0.1, 0.15) is 26.7 Å². The third-order valence-electron chi connectivity index (χ3n) is 3.44. The molecule has 21 heavy (non-hydrogen) atoms. The lowest BCUT2D eigenvalue weighted by Gasteiger charge is -2.29. The molecule has 0 aromatic heterocycles. The van der Waals surface area contributed by atoms with Gasteiger partial charge in [0, 0.05) is 19.1 Å². The van der Waals surface area contributed by atoms with Crippen LogP contribution >= 0.6 is 11.8 Å². The number of hydrazine groups is 1. The first-order valence-corrected chi connectivity index (χ1v) is 7.50. The maximum Gasteiger partial charge on any atom is 0.330 e. The molecular formula is C12H17N3O5S. The van der Waals surface area contributed by atoms with Crippen LogP contribution in [0.25, 0.3) is 0 Å². The maximum absolute atomic E-state index is 12.0. The molecule has 2 aliphatic rings. The minimum absolute atomic E-state index is 0.0628. The summed E-state index contributed by atoms with van der Waals surface area (Å²) >= 11 is 1.55. The van der Waals surface area contributed by atoms with Gasteiger partial charge in [0.1, 0.15) is 6.04 Å². The number of nitrogens with zero attached hydrogens (tertiary/aromatic N) is 1. The molecule has 2 N–H and O–H groups in total. The number of amides is 3. The van der Waals surface area contributed by atoms with Gasteiger partial charge in [-0.1, -0.05) is 0 Å². The first-order chi connectivity index (χ1) is 9.83. The Bertz CT molecular complexity index is 497. The van der Waals surface area contributed by atoms with Crippen LogP contribution in [0, 0.1) is 0 Å². The van der Waals surface area contributed by atoms with Crippen LogP contribution in [-0.2, 0) is 23.9 Å². The number of nitrogens with one attached hydrogen (secondary N) is 2. The highest BCUT2D eigenvalue weighted by atomic mass is 32.2. The van der Waals surface area contributed by atoms with Crippen LogP contribution in [0.4, 0.5) is 0 Å². The quantitative estimate of drug-likeness (QED) is 0.519. The van der Waals surface area contributed by atoms with Crippen molar-refractivity contribution in [1.29, 1.82) is 0 Å². The third kappa shape index (κ3) is 3.29. The summed E-state index contributed by atoms with van der Waals surface area (Å²) in [5.74, 6) is -1.26. The number of fused-ring (bicyclic) bond motifs is 1. The first kappa shape index (κ1) is 15.6. The summed E-state index contributed by atoms with van der Waals surface area (Å²) in [6.07, 6.45) is 1.14. The smallest absolute Gasteiger partial charge is 0.330 e. The van der Waals surface area contributed by atoms with E-state index in [0.29, 0.717) is 18.6 Å². The van der Waals surface area contributed by atoms with E-state index >= 15 is 0 Å². The van der Waals surface area contributed by atoms with Gasteiger partial charge < -0.3 is 9.64 Å². The predicted molar refractivity (Wildman–Crippen MR) is 73.6 cm³/mol. The second-order valence-corrected chi connectivity index (χ2v) is 6.60. The molecule has 0 spiro atoms. The van der Waals surface area contributed by atoms with Crippen LogP contribution in [0.2, 0.25) is 0 Å². The number of ether oxygens (including phenoxy) is 1. The minimum Gasteiger partial charge on any atom is -0.454 e. The summed E-state index contributed by atoms with van der Waals surface area (Å²) in [5.41, 5.74) is 4.18.